The lowest BCUT2D eigenvalue weighted by atomic mass is 9.68. The van der Waals surface area contributed by atoms with Crippen molar-refractivity contribution in [2.45, 2.75) is 72.6 Å². The predicted molar refractivity (Wildman–Crippen MR) is 71.4 cm³/mol. The number of rotatable bonds is 7. The third kappa shape index (κ3) is 2.31. The molecule has 0 saturated heterocycles. The van der Waals surface area contributed by atoms with Crippen LogP contribution in [-0.4, -0.2) is 0 Å². The van der Waals surface area contributed by atoms with E-state index in [9.17, 15) is 0 Å². The molecular formula is C16H30. The van der Waals surface area contributed by atoms with E-state index in [1.54, 1.807) is 19.3 Å². The maximum atomic E-state index is 2.43. The molecule has 0 aliphatic heterocycles. The van der Waals surface area contributed by atoms with Gasteiger partial charge in [-0.25, -0.2) is 0 Å². The van der Waals surface area contributed by atoms with Crippen molar-refractivity contribution in [3.63, 3.8) is 0 Å². The van der Waals surface area contributed by atoms with Crippen LogP contribution >= 0.6 is 0 Å². The van der Waals surface area contributed by atoms with Gasteiger partial charge in [0.1, 0.15) is 0 Å². The summed E-state index contributed by atoms with van der Waals surface area (Å²) in [7, 11) is 0. The molecule has 0 radical (unpaired) electrons. The van der Waals surface area contributed by atoms with E-state index in [0.29, 0.717) is 0 Å². The third-order valence-corrected chi connectivity index (χ3v) is 5.72. The van der Waals surface area contributed by atoms with Gasteiger partial charge in [-0.2, -0.15) is 0 Å². The quantitative estimate of drug-likeness (QED) is 0.550. The van der Waals surface area contributed by atoms with Crippen molar-refractivity contribution in [1.82, 2.24) is 0 Å². The second kappa shape index (κ2) is 4.70. The maximum absolute atomic E-state index is 2.43. The number of fused-ring (bicyclic) bond motifs is 1. The second-order valence-electron chi connectivity index (χ2n) is 6.94. The Balaban J connectivity index is 1.66. The van der Waals surface area contributed by atoms with E-state index in [2.05, 4.69) is 27.7 Å². The van der Waals surface area contributed by atoms with Crippen LogP contribution < -0.4 is 0 Å². The highest BCUT2D eigenvalue weighted by molar-refractivity contribution is 5.14. The molecule has 2 rings (SSSR count). The smallest absolute Gasteiger partial charge is 0.0261 e. The highest BCUT2D eigenvalue weighted by Crippen LogP contribution is 2.74. The van der Waals surface area contributed by atoms with Crippen LogP contribution in [0.4, 0.5) is 0 Å². The van der Waals surface area contributed by atoms with Gasteiger partial charge in [0.25, 0.3) is 0 Å². The van der Waals surface area contributed by atoms with Crippen LogP contribution in [0.5, 0.6) is 0 Å². The van der Waals surface area contributed by atoms with Crippen LogP contribution in [0.15, 0.2) is 0 Å². The first-order chi connectivity index (χ1) is 7.61. The van der Waals surface area contributed by atoms with Gasteiger partial charge in [-0.3, -0.25) is 0 Å². The fourth-order valence-electron chi connectivity index (χ4n) is 3.84. The SMILES string of the molecule is CCC(C)CCC12CC(CC(C)CC)C1C2. The van der Waals surface area contributed by atoms with Crippen molar-refractivity contribution in [2.75, 3.05) is 0 Å². The van der Waals surface area contributed by atoms with Gasteiger partial charge in [0.2, 0.25) is 0 Å². The monoisotopic (exact) mass is 222 g/mol. The molecule has 2 aliphatic carbocycles. The van der Waals surface area contributed by atoms with E-state index in [0.717, 1.165) is 29.1 Å². The molecule has 0 spiro atoms. The molecule has 0 aromatic rings. The first-order valence-corrected chi connectivity index (χ1v) is 7.61. The second-order valence-corrected chi connectivity index (χ2v) is 6.94. The molecule has 2 saturated carbocycles. The summed E-state index contributed by atoms with van der Waals surface area (Å²) in [5.74, 6) is 4.21. The average Bonchev–Trinajstić information content (AvgIpc) is 2.88. The van der Waals surface area contributed by atoms with Crippen LogP contribution in [0.3, 0.4) is 0 Å². The van der Waals surface area contributed by atoms with Gasteiger partial charge in [0, 0.05) is 0 Å². The molecule has 16 heavy (non-hydrogen) atoms. The van der Waals surface area contributed by atoms with Gasteiger partial charge in [0.15, 0.2) is 0 Å². The van der Waals surface area contributed by atoms with E-state index in [-0.39, 0.29) is 0 Å². The molecule has 0 N–H and O–H groups in total. The molecule has 0 heterocycles. The van der Waals surface area contributed by atoms with Gasteiger partial charge in [-0.15, -0.1) is 0 Å². The van der Waals surface area contributed by atoms with E-state index in [1.807, 2.05) is 0 Å². The first-order valence-electron chi connectivity index (χ1n) is 7.61. The molecule has 5 unspecified atom stereocenters. The Hall–Kier alpha value is 0. The molecule has 94 valence electrons. The van der Waals surface area contributed by atoms with E-state index >= 15 is 0 Å². The minimum atomic E-state index is 0.877. The molecule has 0 amide bonds. The zero-order valence-corrected chi connectivity index (χ0v) is 11.8. The summed E-state index contributed by atoms with van der Waals surface area (Å²) in [6.07, 6.45) is 10.5. The molecule has 5 atom stereocenters. The van der Waals surface area contributed by atoms with E-state index in [4.69, 9.17) is 0 Å². The molecule has 0 heteroatoms. The Morgan fingerprint density at radius 1 is 1.06 bits per heavy atom. The first kappa shape index (κ1) is 12.5. The summed E-state index contributed by atoms with van der Waals surface area (Å²) >= 11 is 0. The molecule has 0 aromatic heterocycles. The van der Waals surface area contributed by atoms with Gasteiger partial charge in [-0.1, -0.05) is 47.0 Å². The van der Waals surface area contributed by atoms with Gasteiger partial charge >= 0.3 is 0 Å². The van der Waals surface area contributed by atoms with Crippen molar-refractivity contribution in [3.8, 4) is 0 Å². The summed E-state index contributed by atoms with van der Waals surface area (Å²) in [6, 6.07) is 0. The summed E-state index contributed by atoms with van der Waals surface area (Å²) in [5.41, 5.74) is 0.877. The molecular weight excluding hydrogens is 192 g/mol. The standard InChI is InChI=1S/C16H30/c1-5-12(3)7-8-16-10-14(15(16)11-16)9-13(4)6-2/h12-15H,5-11H2,1-4H3. The van der Waals surface area contributed by atoms with Crippen molar-refractivity contribution in [1.29, 1.82) is 0 Å². The Morgan fingerprint density at radius 2 is 1.75 bits per heavy atom. The highest BCUT2D eigenvalue weighted by atomic mass is 14.7. The largest absolute Gasteiger partial charge is 0.0651 e. The zero-order valence-electron chi connectivity index (χ0n) is 11.8. The fraction of sp³-hybridized carbons (Fsp3) is 1.00. The average molecular weight is 222 g/mol. The van der Waals surface area contributed by atoms with Gasteiger partial charge in [-0.05, 0) is 54.8 Å². The summed E-state index contributed by atoms with van der Waals surface area (Å²) < 4.78 is 0. The van der Waals surface area contributed by atoms with Crippen LogP contribution in [0.25, 0.3) is 0 Å². The lowest BCUT2D eigenvalue weighted by Gasteiger charge is -2.37. The zero-order chi connectivity index (χ0) is 11.8. The Morgan fingerprint density at radius 3 is 2.31 bits per heavy atom. The summed E-state index contributed by atoms with van der Waals surface area (Å²) in [6.45, 7) is 9.52. The molecule has 0 nitrogen and oxygen atoms in total. The van der Waals surface area contributed by atoms with E-state index < -0.39 is 0 Å². The summed E-state index contributed by atoms with van der Waals surface area (Å²) in [4.78, 5) is 0. The molecule has 0 aromatic carbocycles. The maximum Gasteiger partial charge on any atom is -0.0261 e. The lowest BCUT2D eigenvalue weighted by molar-refractivity contribution is 0.131. The van der Waals surface area contributed by atoms with Crippen molar-refractivity contribution in [3.05, 3.63) is 0 Å². The molecule has 0 bridgehead atoms. The van der Waals surface area contributed by atoms with E-state index in [1.165, 1.54) is 25.7 Å². The molecule has 2 aliphatic rings. The number of hydrogen-bond donors (Lipinski definition) is 0. The van der Waals surface area contributed by atoms with Crippen LogP contribution in [0, 0.1) is 29.1 Å². The Bertz CT molecular complexity index is 232. The Kier molecular flexibility index (Phi) is 3.66. The van der Waals surface area contributed by atoms with Crippen molar-refractivity contribution >= 4 is 0 Å². The van der Waals surface area contributed by atoms with Crippen molar-refractivity contribution in [2.24, 2.45) is 29.1 Å². The highest BCUT2D eigenvalue weighted by Gasteiger charge is 2.65. The van der Waals surface area contributed by atoms with Crippen LogP contribution in [-0.2, 0) is 0 Å². The predicted octanol–water partition coefficient (Wildman–Crippen LogP) is 5.28. The van der Waals surface area contributed by atoms with Crippen molar-refractivity contribution < 1.29 is 0 Å². The minimum Gasteiger partial charge on any atom is -0.0651 e. The topological polar surface area (TPSA) is 0 Å². The number of hydrogen-bond acceptors (Lipinski definition) is 0. The minimum absolute atomic E-state index is 0.877. The van der Waals surface area contributed by atoms with Crippen LogP contribution in [0.1, 0.15) is 72.6 Å². The normalized spacial score (nSPS) is 39.8. The Labute approximate surface area is 102 Å². The third-order valence-electron chi connectivity index (χ3n) is 5.72. The summed E-state index contributed by atoms with van der Waals surface area (Å²) in [5, 5.41) is 0. The fourth-order valence-corrected chi connectivity index (χ4v) is 3.84. The van der Waals surface area contributed by atoms with Gasteiger partial charge < -0.3 is 0 Å². The van der Waals surface area contributed by atoms with Gasteiger partial charge in [0.05, 0.1) is 0 Å². The van der Waals surface area contributed by atoms with Crippen LogP contribution in [0.2, 0.25) is 0 Å². The molecule has 2 fully saturated rings. The lowest BCUT2D eigenvalue weighted by Crippen LogP contribution is -2.28.